The molecule has 1 fully saturated rings. The maximum atomic E-state index is 14.8. The number of pyridine rings is 1. The minimum absolute atomic E-state index is 0.136. The van der Waals surface area contributed by atoms with E-state index in [1.54, 1.807) is 6.07 Å². The molecule has 1 nitrogen and oxygen atoms in total. The van der Waals surface area contributed by atoms with Crippen molar-refractivity contribution in [1.29, 1.82) is 0 Å². The number of halogens is 1. The summed E-state index contributed by atoms with van der Waals surface area (Å²) in [5, 5.41) is 0. The third kappa shape index (κ3) is 8.01. The minimum atomic E-state index is -0.136. The van der Waals surface area contributed by atoms with Crippen LogP contribution in [0.25, 0.3) is 11.3 Å². The van der Waals surface area contributed by atoms with Gasteiger partial charge < -0.3 is 0 Å². The third-order valence-electron chi connectivity index (χ3n) is 7.48. The van der Waals surface area contributed by atoms with E-state index >= 15 is 0 Å². The molecule has 1 aliphatic rings. The van der Waals surface area contributed by atoms with Crippen molar-refractivity contribution in [2.45, 2.75) is 110 Å². The molecule has 1 aliphatic carbocycles. The van der Waals surface area contributed by atoms with Crippen LogP contribution in [0.4, 0.5) is 4.39 Å². The summed E-state index contributed by atoms with van der Waals surface area (Å²) in [6.07, 6.45) is 21.5. The highest BCUT2D eigenvalue weighted by molar-refractivity contribution is 5.60. The van der Waals surface area contributed by atoms with E-state index in [0.717, 1.165) is 35.9 Å². The normalized spacial score (nSPS) is 18.7. The molecule has 1 saturated carbocycles. The molecule has 176 valence electrons. The molecule has 2 aromatic rings. The second kappa shape index (κ2) is 13.8. The fourth-order valence-electron chi connectivity index (χ4n) is 5.25. The average molecular weight is 438 g/mol. The molecule has 1 aromatic carbocycles. The largest absolute Gasteiger partial charge is 0.256 e. The summed E-state index contributed by atoms with van der Waals surface area (Å²) in [7, 11) is 0. The molecule has 0 atom stereocenters. The van der Waals surface area contributed by atoms with Crippen molar-refractivity contribution in [2.24, 2.45) is 11.8 Å². The number of aromatic nitrogens is 1. The molecule has 1 aromatic heterocycles. The summed E-state index contributed by atoms with van der Waals surface area (Å²) in [4.78, 5) is 4.51. The molecular weight excluding hydrogens is 393 g/mol. The topological polar surface area (TPSA) is 12.9 Å². The molecular formula is C30H44FN. The van der Waals surface area contributed by atoms with Crippen molar-refractivity contribution in [3.05, 3.63) is 53.5 Å². The number of hydrogen-bond acceptors (Lipinski definition) is 1. The fraction of sp³-hybridized carbons (Fsp3) is 0.633. The van der Waals surface area contributed by atoms with Gasteiger partial charge in [-0.15, -0.1) is 0 Å². The van der Waals surface area contributed by atoms with Crippen molar-refractivity contribution in [3.63, 3.8) is 0 Å². The van der Waals surface area contributed by atoms with Gasteiger partial charge >= 0.3 is 0 Å². The monoisotopic (exact) mass is 437 g/mol. The Hall–Kier alpha value is -1.70. The molecule has 32 heavy (non-hydrogen) atoms. The van der Waals surface area contributed by atoms with Gasteiger partial charge in [0.2, 0.25) is 0 Å². The maximum Gasteiger partial charge on any atom is 0.132 e. The van der Waals surface area contributed by atoms with E-state index in [1.165, 1.54) is 89.0 Å². The molecule has 1 heterocycles. The highest BCUT2D eigenvalue weighted by atomic mass is 19.1. The zero-order chi connectivity index (χ0) is 22.6. The van der Waals surface area contributed by atoms with Crippen LogP contribution in [0.5, 0.6) is 0 Å². The Kier molecular flexibility index (Phi) is 10.7. The Bertz CT molecular complexity index is 774. The van der Waals surface area contributed by atoms with Gasteiger partial charge in [0.15, 0.2) is 0 Å². The van der Waals surface area contributed by atoms with Crippen LogP contribution >= 0.6 is 0 Å². The van der Waals surface area contributed by atoms with E-state index in [1.807, 2.05) is 18.3 Å². The lowest BCUT2D eigenvalue weighted by Gasteiger charge is -2.28. The first kappa shape index (κ1) is 24.9. The molecule has 3 rings (SSSR count). The second-order valence-electron chi connectivity index (χ2n) is 10.1. The number of aryl methyl sites for hydroxylation is 2. The average Bonchev–Trinajstić information content (AvgIpc) is 2.82. The first-order valence-corrected chi connectivity index (χ1v) is 13.4. The van der Waals surface area contributed by atoms with Gasteiger partial charge in [-0.25, -0.2) is 4.39 Å². The number of unbranched alkanes of at least 4 members (excludes halogenated alkanes) is 5. The Balaban J connectivity index is 1.41. The lowest BCUT2D eigenvalue weighted by atomic mass is 9.77. The Labute approximate surface area is 196 Å². The molecule has 0 N–H and O–H groups in total. The lowest BCUT2D eigenvalue weighted by Crippen LogP contribution is -2.15. The van der Waals surface area contributed by atoms with Gasteiger partial charge in [0.1, 0.15) is 5.82 Å². The van der Waals surface area contributed by atoms with Crippen LogP contribution in [0, 0.1) is 17.7 Å². The zero-order valence-electron chi connectivity index (χ0n) is 20.6. The number of nitrogens with zero attached hydrogens (tertiary/aromatic N) is 1. The van der Waals surface area contributed by atoms with Crippen molar-refractivity contribution >= 4 is 0 Å². The van der Waals surface area contributed by atoms with Crippen LogP contribution in [-0.4, -0.2) is 4.98 Å². The van der Waals surface area contributed by atoms with Gasteiger partial charge in [-0.1, -0.05) is 96.6 Å². The predicted molar refractivity (Wildman–Crippen MR) is 135 cm³/mol. The molecule has 0 bridgehead atoms. The van der Waals surface area contributed by atoms with Crippen molar-refractivity contribution in [2.75, 3.05) is 0 Å². The summed E-state index contributed by atoms with van der Waals surface area (Å²) in [6, 6.07) is 9.82. The minimum Gasteiger partial charge on any atom is -0.256 e. The van der Waals surface area contributed by atoms with Crippen LogP contribution in [0.3, 0.4) is 0 Å². The SMILES string of the molecule is CCCCCCCC1CCC(CCc2ccc(-c3ccc(CCCC)cn3)c(F)c2)CC1. The molecule has 0 amide bonds. The second-order valence-corrected chi connectivity index (χ2v) is 10.1. The standard InChI is InChI=1S/C30H44FN/c1-3-5-7-8-9-11-24-12-14-25(15-13-24)16-17-26-18-20-28(29(31)22-26)30-21-19-27(23-32-30)10-6-4-2/h18-25H,3-17H2,1-2H3. The van der Waals surface area contributed by atoms with Gasteiger partial charge in [0.25, 0.3) is 0 Å². The Morgan fingerprint density at radius 1 is 0.750 bits per heavy atom. The van der Waals surface area contributed by atoms with Gasteiger partial charge in [-0.2, -0.15) is 0 Å². The first-order valence-electron chi connectivity index (χ1n) is 13.4. The smallest absolute Gasteiger partial charge is 0.132 e. The molecule has 0 unspecified atom stereocenters. The van der Waals surface area contributed by atoms with Crippen LogP contribution in [0.2, 0.25) is 0 Å². The van der Waals surface area contributed by atoms with Crippen LogP contribution < -0.4 is 0 Å². The predicted octanol–water partition coefficient (Wildman–Crippen LogP) is 9.33. The maximum absolute atomic E-state index is 14.8. The van der Waals surface area contributed by atoms with Crippen molar-refractivity contribution < 1.29 is 4.39 Å². The Morgan fingerprint density at radius 3 is 2.09 bits per heavy atom. The van der Waals surface area contributed by atoms with Crippen molar-refractivity contribution in [1.82, 2.24) is 4.98 Å². The van der Waals surface area contributed by atoms with E-state index in [9.17, 15) is 4.39 Å². The van der Waals surface area contributed by atoms with E-state index in [-0.39, 0.29) is 5.82 Å². The summed E-state index contributed by atoms with van der Waals surface area (Å²) in [5.74, 6) is 1.65. The van der Waals surface area contributed by atoms with E-state index in [4.69, 9.17) is 0 Å². The number of hydrogen-bond donors (Lipinski definition) is 0. The Morgan fingerprint density at radius 2 is 1.44 bits per heavy atom. The third-order valence-corrected chi connectivity index (χ3v) is 7.48. The molecule has 0 saturated heterocycles. The van der Waals surface area contributed by atoms with Crippen LogP contribution in [0.15, 0.2) is 36.5 Å². The molecule has 2 heteroatoms. The highest BCUT2D eigenvalue weighted by Crippen LogP contribution is 2.34. The lowest BCUT2D eigenvalue weighted by molar-refractivity contribution is 0.248. The summed E-state index contributed by atoms with van der Waals surface area (Å²) in [5.41, 5.74) is 3.72. The van der Waals surface area contributed by atoms with E-state index in [0.29, 0.717) is 5.56 Å². The first-order chi connectivity index (χ1) is 15.7. The van der Waals surface area contributed by atoms with E-state index < -0.39 is 0 Å². The van der Waals surface area contributed by atoms with Crippen molar-refractivity contribution in [3.8, 4) is 11.3 Å². The quantitative estimate of drug-likeness (QED) is 0.284. The summed E-state index contributed by atoms with van der Waals surface area (Å²) >= 11 is 0. The van der Waals surface area contributed by atoms with Gasteiger partial charge in [-0.3, -0.25) is 4.98 Å². The summed E-state index contributed by atoms with van der Waals surface area (Å²) < 4.78 is 14.8. The van der Waals surface area contributed by atoms with Gasteiger partial charge in [-0.05, 0) is 66.8 Å². The van der Waals surface area contributed by atoms with Crippen LogP contribution in [-0.2, 0) is 12.8 Å². The summed E-state index contributed by atoms with van der Waals surface area (Å²) in [6.45, 7) is 4.48. The van der Waals surface area contributed by atoms with Gasteiger partial charge in [0.05, 0.1) is 5.69 Å². The number of benzene rings is 1. The molecule has 0 aliphatic heterocycles. The van der Waals surface area contributed by atoms with E-state index in [2.05, 4.69) is 31.0 Å². The molecule has 0 spiro atoms. The zero-order valence-corrected chi connectivity index (χ0v) is 20.6. The highest BCUT2D eigenvalue weighted by Gasteiger charge is 2.21. The number of rotatable bonds is 13. The fourth-order valence-corrected chi connectivity index (χ4v) is 5.25. The van der Waals surface area contributed by atoms with Crippen LogP contribution in [0.1, 0.15) is 108 Å². The van der Waals surface area contributed by atoms with Gasteiger partial charge in [0, 0.05) is 11.8 Å². The molecule has 0 radical (unpaired) electrons.